The first-order valence-corrected chi connectivity index (χ1v) is 7.48. The van der Waals surface area contributed by atoms with Crippen LogP contribution >= 0.6 is 12.4 Å². The first kappa shape index (κ1) is 17.5. The predicted molar refractivity (Wildman–Crippen MR) is 90.9 cm³/mol. The van der Waals surface area contributed by atoms with Crippen LogP contribution in [0.25, 0.3) is 0 Å². The van der Waals surface area contributed by atoms with Crippen LogP contribution in [0, 0.1) is 0 Å². The van der Waals surface area contributed by atoms with E-state index in [-0.39, 0.29) is 24.4 Å². The number of nitrogens with one attached hydrogen (secondary N) is 2. The molecule has 2 heterocycles. The Labute approximate surface area is 141 Å². The standard InChI is InChI=1S/C16H20N4O2.ClH/c21-15(10-14-11-17-7-9-22-14)19-16-18-6-8-20(16)12-13-4-2-1-3-5-13;/h1-6,8,14,17H,7,9-12H2,(H,18,19,21);1H. The molecule has 0 saturated carbocycles. The number of ether oxygens (including phenoxy) is 1. The lowest BCUT2D eigenvalue weighted by molar-refractivity contribution is -0.119. The second-order valence-corrected chi connectivity index (χ2v) is 5.31. The molecular weight excluding hydrogens is 316 g/mol. The molecule has 1 fully saturated rings. The third-order valence-corrected chi connectivity index (χ3v) is 3.58. The molecule has 1 unspecified atom stereocenters. The summed E-state index contributed by atoms with van der Waals surface area (Å²) in [5, 5.41) is 6.08. The van der Waals surface area contributed by atoms with Crippen LogP contribution in [0.3, 0.4) is 0 Å². The van der Waals surface area contributed by atoms with E-state index in [0.29, 0.717) is 32.1 Å². The summed E-state index contributed by atoms with van der Waals surface area (Å²) < 4.78 is 7.47. The van der Waals surface area contributed by atoms with E-state index in [9.17, 15) is 4.79 Å². The minimum atomic E-state index is -0.0748. The molecule has 23 heavy (non-hydrogen) atoms. The highest BCUT2D eigenvalue weighted by Gasteiger charge is 2.18. The molecule has 1 aliphatic heterocycles. The molecule has 1 aliphatic rings. The maximum Gasteiger partial charge on any atom is 0.229 e. The Morgan fingerprint density at radius 3 is 2.96 bits per heavy atom. The number of hydrogen-bond donors (Lipinski definition) is 2. The minimum absolute atomic E-state index is 0. The van der Waals surface area contributed by atoms with Gasteiger partial charge in [0.1, 0.15) is 0 Å². The Morgan fingerprint density at radius 1 is 1.39 bits per heavy atom. The Kier molecular flexibility index (Phi) is 6.58. The fourth-order valence-electron chi connectivity index (χ4n) is 2.47. The van der Waals surface area contributed by atoms with Crippen molar-refractivity contribution in [2.45, 2.75) is 19.1 Å². The van der Waals surface area contributed by atoms with E-state index < -0.39 is 0 Å². The second-order valence-electron chi connectivity index (χ2n) is 5.31. The van der Waals surface area contributed by atoms with Crippen molar-refractivity contribution in [3.63, 3.8) is 0 Å². The number of halogens is 1. The first-order chi connectivity index (χ1) is 10.8. The summed E-state index contributed by atoms with van der Waals surface area (Å²) in [6.07, 6.45) is 3.83. The van der Waals surface area contributed by atoms with Gasteiger partial charge >= 0.3 is 0 Å². The average molecular weight is 337 g/mol. The zero-order valence-electron chi connectivity index (χ0n) is 12.8. The third kappa shape index (κ3) is 5.06. The Bertz CT molecular complexity index is 612. The number of aromatic nitrogens is 2. The summed E-state index contributed by atoms with van der Waals surface area (Å²) in [5.41, 5.74) is 1.16. The van der Waals surface area contributed by atoms with E-state index in [2.05, 4.69) is 15.6 Å². The van der Waals surface area contributed by atoms with Gasteiger partial charge in [-0.1, -0.05) is 30.3 Å². The quantitative estimate of drug-likeness (QED) is 0.871. The van der Waals surface area contributed by atoms with Crippen LogP contribution in [0.2, 0.25) is 0 Å². The number of benzene rings is 1. The molecule has 1 amide bonds. The number of carbonyl (C=O) groups excluding carboxylic acids is 1. The molecule has 7 heteroatoms. The number of amides is 1. The van der Waals surface area contributed by atoms with Gasteiger partial charge in [-0.05, 0) is 5.56 Å². The van der Waals surface area contributed by atoms with Crippen LogP contribution in [0.5, 0.6) is 0 Å². The average Bonchev–Trinajstić information content (AvgIpc) is 2.96. The molecule has 0 spiro atoms. The topological polar surface area (TPSA) is 68.2 Å². The molecule has 1 atom stereocenters. The maximum atomic E-state index is 12.1. The lowest BCUT2D eigenvalue weighted by Gasteiger charge is -2.23. The van der Waals surface area contributed by atoms with Crippen LogP contribution < -0.4 is 10.6 Å². The van der Waals surface area contributed by atoms with Crippen molar-refractivity contribution in [1.29, 1.82) is 0 Å². The van der Waals surface area contributed by atoms with Gasteiger partial charge in [0, 0.05) is 25.5 Å². The van der Waals surface area contributed by atoms with Crippen molar-refractivity contribution in [2.75, 3.05) is 25.0 Å². The van der Waals surface area contributed by atoms with E-state index in [0.717, 1.165) is 12.1 Å². The highest BCUT2D eigenvalue weighted by molar-refractivity contribution is 5.89. The van der Waals surface area contributed by atoms with E-state index in [1.54, 1.807) is 6.20 Å². The summed E-state index contributed by atoms with van der Waals surface area (Å²) >= 11 is 0. The number of anilines is 1. The zero-order valence-corrected chi connectivity index (χ0v) is 13.6. The van der Waals surface area contributed by atoms with Gasteiger partial charge in [-0.2, -0.15) is 0 Å². The normalized spacial score (nSPS) is 17.3. The summed E-state index contributed by atoms with van der Waals surface area (Å²) in [5.74, 6) is 0.492. The third-order valence-electron chi connectivity index (χ3n) is 3.58. The number of imidazole rings is 1. The van der Waals surface area contributed by atoms with Crippen LogP contribution in [-0.4, -0.2) is 41.3 Å². The van der Waals surface area contributed by atoms with Crippen molar-refractivity contribution in [2.24, 2.45) is 0 Å². The first-order valence-electron chi connectivity index (χ1n) is 7.48. The van der Waals surface area contributed by atoms with E-state index >= 15 is 0 Å². The van der Waals surface area contributed by atoms with Crippen molar-refractivity contribution in [3.8, 4) is 0 Å². The molecule has 1 aromatic heterocycles. The Morgan fingerprint density at radius 2 is 2.22 bits per heavy atom. The molecule has 124 valence electrons. The largest absolute Gasteiger partial charge is 0.375 e. The van der Waals surface area contributed by atoms with Crippen LogP contribution in [0.15, 0.2) is 42.7 Å². The van der Waals surface area contributed by atoms with Crippen molar-refractivity contribution in [3.05, 3.63) is 48.3 Å². The summed E-state index contributed by atoms with van der Waals surface area (Å²) in [7, 11) is 0. The molecule has 2 aromatic rings. The van der Waals surface area contributed by atoms with Crippen molar-refractivity contribution in [1.82, 2.24) is 14.9 Å². The highest BCUT2D eigenvalue weighted by Crippen LogP contribution is 2.10. The van der Waals surface area contributed by atoms with Crippen molar-refractivity contribution >= 4 is 24.3 Å². The number of carbonyl (C=O) groups is 1. The molecule has 1 saturated heterocycles. The number of morpholine rings is 1. The Balaban J connectivity index is 0.00000192. The van der Waals surface area contributed by atoms with Gasteiger partial charge in [0.25, 0.3) is 0 Å². The lowest BCUT2D eigenvalue weighted by atomic mass is 10.2. The van der Waals surface area contributed by atoms with Gasteiger partial charge in [-0.3, -0.25) is 10.1 Å². The summed E-state index contributed by atoms with van der Waals surface area (Å²) in [6, 6.07) is 10.1. The molecule has 6 nitrogen and oxygen atoms in total. The lowest BCUT2D eigenvalue weighted by Crippen LogP contribution is -2.40. The van der Waals surface area contributed by atoms with Crippen LogP contribution in [0.1, 0.15) is 12.0 Å². The molecule has 1 aromatic carbocycles. The molecule has 0 radical (unpaired) electrons. The van der Waals surface area contributed by atoms with Gasteiger partial charge < -0.3 is 14.6 Å². The van der Waals surface area contributed by atoms with E-state index in [1.165, 1.54) is 0 Å². The second kappa shape index (κ2) is 8.67. The fourth-order valence-corrected chi connectivity index (χ4v) is 2.47. The SMILES string of the molecule is Cl.O=C(CC1CNCCO1)Nc1nccn1Cc1ccccc1. The van der Waals surface area contributed by atoms with E-state index in [4.69, 9.17) is 4.74 Å². The molecule has 0 bridgehead atoms. The molecule has 2 N–H and O–H groups in total. The molecular formula is C16H21ClN4O2. The number of rotatable bonds is 5. The highest BCUT2D eigenvalue weighted by atomic mass is 35.5. The van der Waals surface area contributed by atoms with Crippen LogP contribution in [-0.2, 0) is 16.1 Å². The van der Waals surface area contributed by atoms with Crippen molar-refractivity contribution < 1.29 is 9.53 Å². The molecule has 3 rings (SSSR count). The predicted octanol–water partition coefficient (Wildman–Crippen LogP) is 1.67. The maximum absolute atomic E-state index is 12.1. The van der Waals surface area contributed by atoms with Gasteiger partial charge in [-0.25, -0.2) is 4.98 Å². The molecule has 0 aliphatic carbocycles. The minimum Gasteiger partial charge on any atom is -0.375 e. The number of hydrogen-bond acceptors (Lipinski definition) is 4. The van der Waals surface area contributed by atoms with Gasteiger partial charge in [0.05, 0.1) is 25.7 Å². The summed E-state index contributed by atoms with van der Waals surface area (Å²) in [4.78, 5) is 16.3. The van der Waals surface area contributed by atoms with Gasteiger partial charge in [0.2, 0.25) is 11.9 Å². The van der Waals surface area contributed by atoms with E-state index in [1.807, 2.05) is 41.1 Å². The monoisotopic (exact) mass is 336 g/mol. The van der Waals surface area contributed by atoms with Gasteiger partial charge in [-0.15, -0.1) is 12.4 Å². The zero-order chi connectivity index (χ0) is 15.2. The van der Waals surface area contributed by atoms with Crippen LogP contribution in [0.4, 0.5) is 5.95 Å². The summed E-state index contributed by atoms with van der Waals surface area (Å²) in [6.45, 7) is 2.89. The smallest absolute Gasteiger partial charge is 0.229 e. The Hall–Kier alpha value is -1.89. The fraction of sp³-hybridized carbons (Fsp3) is 0.375. The van der Waals surface area contributed by atoms with Gasteiger partial charge in [0.15, 0.2) is 0 Å². The number of nitrogens with zero attached hydrogens (tertiary/aromatic N) is 2.